The molecule has 0 aliphatic carbocycles. The van der Waals surface area contributed by atoms with Gasteiger partial charge in [0.05, 0.1) is 0 Å². The number of alkyl halides is 1. The maximum Gasteiger partial charge on any atom is 0.142 e. The van der Waals surface area contributed by atoms with Gasteiger partial charge in [0.15, 0.2) is 0 Å². The van der Waals surface area contributed by atoms with Crippen LogP contribution in [-0.2, 0) is 0 Å². The van der Waals surface area contributed by atoms with Gasteiger partial charge in [0.1, 0.15) is 17.4 Å². The minimum Gasteiger partial charge on any atom is -0.206 e. The fraction of sp³-hybridized carbons (Fsp3) is 0.364. The van der Waals surface area contributed by atoms with E-state index in [4.69, 9.17) is 16.9 Å². The van der Waals surface area contributed by atoms with Crippen LogP contribution >= 0.6 is 23.4 Å². The Hall–Kier alpha value is -0.720. The monoisotopic (exact) mass is 243 g/mol. The van der Waals surface area contributed by atoms with Crippen molar-refractivity contribution >= 4 is 23.4 Å². The first kappa shape index (κ1) is 12.4. The number of benzene rings is 1. The first-order valence-corrected chi connectivity index (χ1v) is 6.01. The summed E-state index contributed by atoms with van der Waals surface area (Å²) >= 11 is 7.10. The van der Waals surface area contributed by atoms with Gasteiger partial charge in [-0.15, -0.1) is 23.4 Å². The van der Waals surface area contributed by atoms with Crippen LogP contribution in [0.4, 0.5) is 4.39 Å². The van der Waals surface area contributed by atoms with Gasteiger partial charge in [0, 0.05) is 16.0 Å². The Morgan fingerprint density at radius 3 is 2.93 bits per heavy atom. The molecular weight excluding hydrogens is 233 g/mol. The third-order valence-corrected chi connectivity index (χ3v) is 3.38. The second-order valence-electron chi connectivity index (χ2n) is 3.13. The molecule has 15 heavy (non-hydrogen) atoms. The van der Waals surface area contributed by atoms with Crippen LogP contribution in [0.5, 0.6) is 0 Å². The van der Waals surface area contributed by atoms with Gasteiger partial charge in [-0.3, -0.25) is 0 Å². The average Bonchev–Trinajstić information content (AvgIpc) is 2.18. The highest BCUT2D eigenvalue weighted by atomic mass is 35.5. The minimum absolute atomic E-state index is 0.129. The molecule has 0 saturated heterocycles. The molecule has 0 amide bonds. The number of halogens is 2. The Morgan fingerprint density at radius 1 is 1.60 bits per heavy atom. The van der Waals surface area contributed by atoms with Crippen molar-refractivity contribution in [2.24, 2.45) is 0 Å². The van der Waals surface area contributed by atoms with E-state index in [1.165, 1.54) is 17.8 Å². The van der Waals surface area contributed by atoms with Gasteiger partial charge in [-0.1, -0.05) is 13.0 Å². The lowest BCUT2D eigenvalue weighted by molar-refractivity contribution is 0.619. The molecule has 4 heteroatoms. The quantitative estimate of drug-likeness (QED) is 0.593. The van der Waals surface area contributed by atoms with E-state index >= 15 is 0 Å². The van der Waals surface area contributed by atoms with E-state index in [1.807, 2.05) is 13.0 Å². The van der Waals surface area contributed by atoms with Crippen LogP contribution < -0.4 is 0 Å². The van der Waals surface area contributed by atoms with Crippen LogP contribution in [0.25, 0.3) is 0 Å². The van der Waals surface area contributed by atoms with Gasteiger partial charge in [-0.05, 0) is 18.6 Å². The summed E-state index contributed by atoms with van der Waals surface area (Å²) in [6.45, 7) is 2.01. The standard InChI is InChI=1S/C11H11ClFNS/c1-8(5-6-12)15-11-4-2-3-10(13)9(11)7-14/h2-4,8H,5-6H2,1H3. The normalized spacial score (nSPS) is 12.1. The highest BCUT2D eigenvalue weighted by molar-refractivity contribution is 8.00. The lowest BCUT2D eigenvalue weighted by Gasteiger charge is -2.10. The lowest BCUT2D eigenvalue weighted by Crippen LogP contribution is -1.98. The molecule has 0 aliphatic rings. The lowest BCUT2D eigenvalue weighted by atomic mass is 10.2. The van der Waals surface area contributed by atoms with Gasteiger partial charge in [0.2, 0.25) is 0 Å². The van der Waals surface area contributed by atoms with E-state index in [0.717, 1.165) is 6.42 Å². The largest absolute Gasteiger partial charge is 0.206 e. The van der Waals surface area contributed by atoms with Crippen molar-refractivity contribution < 1.29 is 4.39 Å². The Kier molecular flexibility index (Phi) is 4.93. The molecule has 0 aromatic heterocycles. The number of nitrogens with zero attached hydrogens (tertiary/aromatic N) is 1. The molecule has 1 aromatic rings. The van der Waals surface area contributed by atoms with Crippen molar-refractivity contribution in [3.63, 3.8) is 0 Å². The molecule has 1 unspecified atom stereocenters. The van der Waals surface area contributed by atoms with Crippen LogP contribution in [0, 0.1) is 17.1 Å². The zero-order valence-electron chi connectivity index (χ0n) is 8.34. The summed E-state index contributed by atoms with van der Waals surface area (Å²) in [4.78, 5) is 0.690. The van der Waals surface area contributed by atoms with E-state index in [9.17, 15) is 4.39 Å². The minimum atomic E-state index is -0.458. The second kappa shape index (κ2) is 5.99. The smallest absolute Gasteiger partial charge is 0.142 e. The van der Waals surface area contributed by atoms with E-state index in [0.29, 0.717) is 10.8 Å². The summed E-state index contributed by atoms with van der Waals surface area (Å²) in [7, 11) is 0. The summed E-state index contributed by atoms with van der Waals surface area (Å²) in [6.07, 6.45) is 0.841. The van der Waals surface area contributed by atoms with Crippen molar-refractivity contribution in [3.8, 4) is 6.07 Å². The maximum absolute atomic E-state index is 13.2. The zero-order valence-corrected chi connectivity index (χ0v) is 9.91. The molecule has 0 aliphatic heterocycles. The number of thioether (sulfide) groups is 1. The maximum atomic E-state index is 13.2. The molecule has 1 nitrogen and oxygen atoms in total. The summed E-state index contributed by atoms with van der Waals surface area (Å²) in [5, 5.41) is 9.10. The van der Waals surface area contributed by atoms with E-state index < -0.39 is 5.82 Å². The zero-order chi connectivity index (χ0) is 11.3. The third-order valence-electron chi connectivity index (χ3n) is 1.93. The highest BCUT2D eigenvalue weighted by Gasteiger charge is 2.11. The molecule has 0 heterocycles. The van der Waals surface area contributed by atoms with Crippen molar-refractivity contribution in [2.75, 3.05) is 5.88 Å². The SMILES string of the molecule is CC(CCCl)Sc1cccc(F)c1C#N. The van der Waals surface area contributed by atoms with Crippen LogP contribution in [0.3, 0.4) is 0 Å². The van der Waals surface area contributed by atoms with Gasteiger partial charge >= 0.3 is 0 Å². The topological polar surface area (TPSA) is 23.8 Å². The number of hydrogen-bond donors (Lipinski definition) is 0. The van der Waals surface area contributed by atoms with Crippen LogP contribution in [0.2, 0.25) is 0 Å². The third kappa shape index (κ3) is 3.40. The number of nitriles is 1. The summed E-state index contributed by atoms with van der Waals surface area (Å²) in [5.41, 5.74) is 0.129. The van der Waals surface area contributed by atoms with E-state index in [-0.39, 0.29) is 10.8 Å². The molecule has 0 radical (unpaired) electrons. The van der Waals surface area contributed by atoms with Gasteiger partial charge in [-0.25, -0.2) is 4.39 Å². The molecule has 1 aromatic carbocycles. The van der Waals surface area contributed by atoms with E-state index in [1.54, 1.807) is 12.1 Å². The first-order chi connectivity index (χ1) is 7.19. The fourth-order valence-electron chi connectivity index (χ4n) is 1.14. The second-order valence-corrected chi connectivity index (χ2v) is 4.99. The van der Waals surface area contributed by atoms with Crippen molar-refractivity contribution in [2.45, 2.75) is 23.5 Å². The highest BCUT2D eigenvalue weighted by Crippen LogP contribution is 2.29. The van der Waals surface area contributed by atoms with Crippen molar-refractivity contribution in [1.29, 1.82) is 5.26 Å². The summed E-state index contributed by atoms with van der Waals surface area (Å²) in [6, 6.07) is 6.56. The first-order valence-electron chi connectivity index (χ1n) is 4.60. The molecular formula is C11H11ClFNS. The molecule has 1 rings (SSSR count). The Morgan fingerprint density at radius 2 is 2.33 bits per heavy atom. The fourth-order valence-corrected chi connectivity index (χ4v) is 2.68. The van der Waals surface area contributed by atoms with Crippen molar-refractivity contribution in [1.82, 2.24) is 0 Å². The van der Waals surface area contributed by atoms with Gasteiger partial charge in [-0.2, -0.15) is 5.26 Å². The Labute approximate surface area is 98.2 Å². The Balaban J connectivity index is 2.86. The Bertz CT molecular complexity index is 375. The van der Waals surface area contributed by atoms with Crippen molar-refractivity contribution in [3.05, 3.63) is 29.6 Å². The molecule has 0 bridgehead atoms. The van der Waals surface area contributed by atoms with Crippen LogP contribution in [-0.4, -0.2) is 11.1 Å². The van der Waals surface area contributed by atoms with Crippen LogP contribution in [0.15, 0.2) is 23.1 Å². The predicted molar refractivity (Wildman–Crippen MR) is 61.8 cm³/mol. The summed E-state index contributed by atoms with van der Waals surface area (Å²) < 4.78 is 13.2. The number of hydrogen-bond acceptors (Lipinski definition) is 2. The molecule has 0 N–H and O–H groups in total. The average molecular weight is 244 g/mol. The van der Waals surface area contributed by atoms with E-state index in [2.05, 4.69) is 0 Å². The predicted octanol–water partition coefficient (Wildman–Crippen LogP) is 3.81. The van der Waals surface area contributed by atoms with Gasteiger partial charge < -0.3 is 0 Å². The molecule has 0 fully saturated rings. The molecule has 0 spiro atoms. The molecule has 0 saturated carbocycles. The molecule has 80 valence electrons. The molecule has 1 atom stereocenters. The van der Waals surface area contributed by atoms with Gasteiger partial charge in [0.25, 0.3) is 0 Å². The van der Waals surface area contributed by atoms with Crippen LogP contribution in [0.1, 0.15) is 18.9 Å². The summed E-state index contributed by atoms with van der Waals surface area (Å²) in [5.74, 6) is 0.117. The number of rotatable bonds is 4.